The quantitative estimate of drug-likeness (QED) is 0.339. The number of esters is 1. The first-order valence-electron chi connectivity index (χ1n) is 9.56. The number of fused-ring (bicyclic) bond motifs is 9. The number of allylic oxidation sites excluding steroid dienone is 2. The Morgan fingerprint density at radius 2 is 1.80 bits per heavy atom. The minimum absolute atomic E-state index is 0.0274. The van der Waals surface area contributed by atoms with E-state index in [0.29, 0.717) is 6.42 Å². The molecular weight excluding hydrogens is 320 g/mol. The Morgan fingerprint density at radius 1 is 1.12 bits per heavy atom. The van der Waals surface area contributed by atoms with Crippen molar-refractivity contribution >= 4 is 17.5 Å². The summed E-state index contributed by atoms with van der Waals surface area (Å²) in [5.74, 6) is -0.805. The van der Waals surface area contributed by atoms with Crippen molar-refractivity contribution < 1.29 is 23.9 Å². The Kier molecular flexibility index (Phi) is 3.31. The second kappa shape index (κ2) is 5.26. The molecule has 7 unspecified atom stereocenters. The molecule has 4 fully saturated rings. The van der Waals surface area contributed by atoms with Gasteiger partial charge in [-0.25, -0.2) is 0 Å². The molecule has 5 heteroatoms. The number of carbonyl (C=O) groups excluding carboxylic acids is 3. The number of hydrogen-bond acceptors (Lipinski definition) is 5. The van der Waals surface area contributed by atoms with Gasteiger partial charge in [0.15, 0.2) is 6.79 Å². The Hall–Kier alpha value is -1.49. The normalized spacial score (nSPS) is 45.4. The third-order valence-corrected chi connectivity index (χ3v) is 7.54. The summed E-state index contributed by atoms with van der Waals surface area (Å²) >= 11 is 0. The minimum atomic E-state index is -0.390. The van der Waals surface area contributed by atoms with Gasteiger partial charge in [-0.3, -0.25) is 14.4 Å². The van der Waals surface area contributed by atoms with Gasteiger partial charge in [-0.05, 0) is 38.0 Å². The van der Waals surface area contributed by atoms with Gasteiger partial charge in [0.25, 0.3) is 0 Å². The molecule has 7 atom stereocenters. The molecule has 4 saturated carbocycles. The molecule has 0 N–H and O–H groups in total. The zero-order chi connectivity index (χ0) is 17.3. The van der Waals surface area contributed by atoms with Crippen LogP contribution < -0.4 is 0 Å². The van der Waals surface area contributed by atoms with E-state index >= 15 is 0 Å². The molecule has 5 aliphatic rings. The highest BCUT2D eigenvalue weighted by molar-refractivity contribution is 6.01. The largest absolute Gasteiger partial charge is 0.438 e. The zero-order valence-electron chi connectivity index (χ0n) is 14.5. The topological polar surface area (TPSA) is 69.7 Å². The average Bonchev–Trinajstić information content (AvgIpc) is 3.36. The Bertz CT molecular complexity index is 674. The lowest BCUT2D eigenvalue weighted by atomic mass is 9.69. The van der Waals surface area contributed by atoms with Crippen molar-refractivity contribution in [3.05, 3.63) is 12.2 Å². The predicted octanol–water partition coefficient (Wildman–Crippen LogP) is 2.29. The molecule has 0 saturated heterocycles. The highest BCUT2D eigenvalue weighted by Crippen LogP contribution is 2.64. The molecule has 0 heterocycles. The molecular formula is C20H24O5. The van der Waals surface area contributed by atoms with Crippen molar-refractivity contribution in [1.82, 2.24) is 0 Å². The summed E-state index contributed by atoms with van der Waals surface area (Å²) in [6.45, 7) is 2.03. The maximum absolute atomic E-state index is 12.7. The molecule has 0 aromatic rings. The monoisotopic (exact) mass is 344 g/mol. The van der Waals surface area contributed by atoms with Crippen LogP contribution in [0.3, 0.4) is 0 Å². The Balaban J connectivity index is 1.25. The first-order valence-corrected chi connectivity index (χ1v) is 9.56. The van der Waals surface area contributed by atoms with Crippen LogP contribution in [0.25, 0.3) is 0 Å². The van der Waals surface area contributed by atoms with Gasteiger partial charge in [0, 0.05) is 23.7 Å². The van der Waals surface area contributed by atoms with Gasteiger partial charge >= 0.3 is 5.97 Å². The van der Waals surface area contributed by atoms with Gasteiger partial charge in [-0.1, -0.05) is 25.0 Å². The smallest absolute Gasteiger partial charge is 0.311 e. The van der Waals surface area contributed by atoms with E-state index in [1.54, 1.807) is 0 Å². The van der Waals surface area contributed by atoms with Crippen molar-refractivity contribution in [2.24, 2.45) is 41.4 Å². The fourth-order valence-corrected chi connectivity index (χ4v) is 6.38. The van der Waals surface area contributed by atoms with Crippen LogP contribution in [0.4, 0.5) is 0 Å². The second-order valence-electron chi connectivity index (χ2n) is 8.75. The van der Waals surface area contributed by atoms with Gasteiger partial charge in [-0.15, -0.1) is 0 Å². The SMILES string of the molecule is CC1(OCOC(=O)C2CC3C(=O)C2C2C4C=CC(C4=O)C32)CCCC1. The first-order chi connectivity index (χ1) is 12.0. The standard InChI is InChI=1S/C20H24O5/c1-20(6-2-3-7-20)25-9-24-19(23)13-8-12-14-10-4-5-11(17(10)21)15(14)16(13)18(12)22/h4-5,10-16H,2-3,6-9H2,1H3. The molecule has 25 heavy (non-hydrogen) atoms. The predicted molar refractivity (Wildman–Crippen MR) is 87.1 cm³/mol. The van der Waals surface area contributed by atoms with E-state index in [2.05, 4.69) is 6.92 Å². The molecule has 5 aliphatic carbocycles. The molecule has 0 radical (unpaired) electrons. The Labute approximate surface area is 147 Å². The average molecular weight is 344 g/mol. The lowest BCUT2D eigenvalue weighted by molar-refractivity contribution is -0.177. The first kappa shape index (κ1) is 15.7. The molecule has 0 spiro atoms. The maximum atomic E-state index is 12.7. The van der Waals surface area contributed by atoms with Gasteiger partial charge in [0.2, 0.25) is 0 Å². The van der Waals surface area contributed by atoms with Crippen LogP contribution in [0.1, 0.15) is 39.0 Å². The van der Waals surface area contributed by atoms with Crippen molar-refractivity contribution in [2.45, 2.75) is 44.6 Å². The van der Waals surface area contributed by atoms with Crippen LogP contribution >= 0.6 is 0 Å². The Morgan fingerprint density at radius 3 is 2.52 bits per heavy atom. The van der Waals surface area contributed by atoms with Crippen LogP contribution in [0, 0.1) is 41.4 Å². The van der Waals surface area contributed by atoms with Crippen LogP contribution in [0.2, 0.25) is 0 Å². The van der Waals surface area contributed by atoms with E-state index in [9.17, 15) is 14.4 Å². The van der Waals surface area contributed by atoms with Gasteiger partial charge in [0.05, 0.1) is 11.5 Å². The van der Waals surface area contributed by atoms with E-state index in [4.69, 9.17) is 9.47 Å². The van der Waals surface area contributed by atoms with Gasteiger partial charge in [0.1, 0.15) is 11.6 Å². The fraction of sp³-hybridized carbons (Fsp3) is 0.750. The van der Waals surface area contributed by atoms with E-state index in [1.165, 1.54) is 0 Å². The van der Waals surface area contributed by atoms with Gasteiger partial charge < -0.3 is 9.47 Å². The molecule has 0 aromatic carbocycles. The third kappa shape index (κ3) is 2.08. The lowest BCUT2D eigenvalue weighted by Gasteiger charge is -2.33. The minimum Gasteiger partial charge on any atom is -0.438 e. The van der Waals surface area contributed by atoms with E-state index in [1.807, 2.05) is 12.2 Å². The highest BCUT2D eigenvalue weighted by atomic mass is 16.7. The van der Waals surface area contributed by atoms with Crippen molar-refractivity contribution in [2.75, 3.05) is 6.79 Å². The molecule has 0 aliphatic heterocycles. The number of ether oxygens (including phenoxy) is 2. The molecule has 134 valence electrons. The number of carbonyl (C=O) groups is 3. The van der Waals surface area contributed by atoms with Crippen molar-refractivity contribution in [3.8, 4) is 0 Å². The number of rotatable bonds is 4. The van der Waals surface area contributed by atoms with Crippen LogP contribution in [-0.4, -0.2) is 29.9 Å². The summed E-state index contributed by atoms with van der Waals surface area (Å²) in [7, 11) is 0. The molecule has 5 nitrogen and oxygen atoms in total. The van der Waals surface area contributed by atoms with Crippen LogP contribution in [0.5, 0.6) is 0 Å². The maximum Gasteiger partial charge on any atom is 0.311 e. The summed E-state index contributed by atoms with van der Waals surface area (Å²) in [5.41, 5.74) is -0.183. The fourth-order valence-electron chi connectivity index (χ4n) is 6.38. The lowest BCUT2D eigenvalue weighted by Crippen LogP contribution is -2.36. The van der Waals surface area contributed by atoms with Crippen molar-refractivity contribution in [1.29, 1.82) is 0 Å². The molecule has 4 bridgehead atoms. The summed E-state index contributed by atoms with van der Waals surface area (Å²) in [5, 5.41) is 0. The summed E-state index contributed by atoms with van der Waals surface area (Å²) in [6.07, 6.45) is 8.78. The van der Waals surface area contributed by atoms with E-state index in [-0.39, 0.29) is 71.4 Å². The molecule has 5 rings (SSSR count). The van der Waals surface area contributed by atoms with E-state index < -0.39 is 0 Å². The summed E-state index contributed by atoms with van der Waals surface area (Å²) in [4.78, 5) is 37.6. The molecule has 0 aromatic heterocycles. The number of Topliss-reactive ketones (excluding diaryl/α,β-unsaturated/α-hetero) is 2. The summed E-state index contributed by atoms with van der Waals surface area (Å²) < 4.78 is 11.2. The second-order valence-corrected chi connectivity index (χ2v) is 8.75. The summed E-state index contributed by atoms with van der Waals surface area (Å²) in [6, 6.07) is 0. The molecule has 0 amide bonds. The highest BCUT2D eigenvalue weighted by Gasteiger charge is 2.69. The number of hydrogen-bond donors (Lipinski definition) is 0. The van der Waals surface area contributed by atoms with Gasteiger partial charge in [-0.2, -0.15) is 0 Å². The van der Waals surface area contributed by atoms with E-state index in [0.717, 1.165) is 25.7 Å². The number of ketones is 2. The zero-order valence-corrected chi connectivity index (χ0v) is 14.5. The van der Waals surface area contributed by atoms with Crippen molar-refractivity contribution in [3.63, 3.8) is 0 Å². The third-order valence-electron chi connectivity index (χ3n) is 7.54. The van der Waals surface area contributed by atoms with Crippen LogP contribution in [0.15, 0.2) is 12.2 Å². The van der Waals surface area contributed by atoms with Crippen LogP contribution in [-0.2, 0) is 23.9 Å².